The Kier molecular flexibility index (Phi) is 4.64. The number of aliphatic hydroxyl groups is 1. The number of hydrogen-bond acceptors (Lipinski definition) is 4. The highest BCUT2D eigenvalue weighted by Crippen LogP contribution is 2.39. The second kappa shape index (κ2) is 5.38. The normalized spacial score (nSPS) is 22.9. The van der Waals surface area contributed by atoms with Crippen LogP contribution in [-0.2, 0) is 4.79 Å². The molecule has 0 aliphatic heterocycles. The highest BCUT2D eigenvalue weighted by atomic mass is 32.2. The van der Waals surface area contributed by atoms with Gasteiger partial charge in [-0.25, -0.2) is 4.79 Å². The van der Waals surface area contributed by atoms with Crippen molar-refractivity contribution in [2.75, 3.05) is 19.3 Å². The van der Waals surface area contributed by atoms with Crippen LogP contribution >= 0.6 is 11.8 Å². The van der Waals surface area contributed by atoms with Crippen LogP contribution in [0.1, 0.15) is 32.6 Å². The molecule has 1 fully saturated rings. The lowest BCUT2D eigenvalue weighted by molar-refractivity contribution is -0.156. The van der Waals surface area contributed by atoms with Gasteiger partial charge in [0.1, 0.15) is 0 Å². The third-order valence-corrected chi connectivity index (χ3v) is 4.74. The average molecular weight is 247 g/mol. The predicted molar refractivity (Wildman–Crippen MR) is 65.8 cm³/mol. The molecule has 1 unspecified atom stereocenters. The Morgan fingerprint density at radius 3 is 2.50 bits per heavy atom. The summed E-state index contributed by atoms with van der Waals surface area (Å²) < 4.78 is 0.245. The molecule has 1 rings (SSSR count). The van der Waals surface area contributed by atoms with Crippen LogP contribution in [0.15, 0.2) is 0 Å². The fourth-order valence-corrected chi connectivity index (χ4v) is 3.03. The van der Waals surface area contributed by atoms with Gasteiger partial charge in [-0.3, -0.25) is 0 Å². The number of carboxylic acids is 1. The van der Waals surface area contributed by atoms with E-state index in [1.165, 1.54) is 32.6 Å². The maximum Gasteiger partial charge on any atom is 0.336 e. The second-order valence-electron chi connectivity index (χ2n) is 4.78. The molecule has 0 aromatic heterocycles. The van der Waals surface area contributed by atoms with Crippen LogP contribution in [0.3, 0.4) is 0 Å². The largest absolute Gasteiger partial charge is 0.479 e. The van der Waals surface area contributed by atoms with Gasteiger partial charge in [0.15, 0.2) is 5.60 Å². The molecular weight excluding hydrogens is 226 g/mol. The molecule has 0 heterocycles. The minimum Gasteiger partial charge on any atom is -0.479 e. The lowest BCUT2D eigenvalue weighted by Crippen LogP contribution is -2.48. The molecule has 0 aromatic carbocycles. The molecule has 0 aromatic rings. The van der Waals surface area contributed by atoms with Crippen LogP contribution in [0.4, 0.5) is 0 Å². The van der Waals surface area contributed by atoms with Crippen molar-refractivity contribution in [1.82, 2.24) is 5.32 Å². The fourth-order valence-electron chi connectivity index (χ4n) is 2.08. The average Bonchev–Trinajstić information content (AvgIpc) is 2.67. The van der Waals surface area contributed by atoms with Gasteiger partial charge in [0.25, 0.3) is 0 Å². The van der Waals surface area contributed by atoms with Crippen LogP contribution in [-0.4, -0.2) is 45.9 Å². The summed E-state index contributed by atoms with van der Waals surface area (Å²) in [6, 6.07) is 0. The van der Waals surface area contributed by atoms with E-state index < -0.39 is 11.6 Å². The molecule has 1 saturated carbocycles. The monoisotopic (exact) mass is 247 g/mol. The Morgan fingerprint density at radius 1 is 1.50 bits per heavy atom. The van der Waals surface area contributed by atoms with E-state index in [0.29, 0.717) is 0 Å². The van der Waals surface area contributed by atoms with Gasteiger partial charge in [0.05, 0.1) is 0 Å². The lowest BCUT2D eigenvalue weighted by Gasteiger charge is -2.28. The van der Waals surface area contributed by atoms with Crippen molar-refractivity contribution in [3.05, 3.63) is 0 Å². The number of carbonyl (C=O) groups is 1. The summed E-state index contributed by atoms with van der Waals surface area (Å²) in [5.74, 6) is -1.18. The van der Waals surface area contributed by atoms with Crippen molar-refractivity contribution < 1.29 is 15.0 Å². The summed E-state index contributed by atoms with van der Waals surface area (Å²) in [5.41, 5.74) is -1.67. The molecule has 1 atom stereocenters. The number of hydrogen-bond donors (Lipinski definition) is 3. The molecule has 16 heavy (non-hydrogen) atoms. The van der Waals surface area contributed by atoms with Gasteiger partial charge in [-0.2, -0.15) is 11.8 Å². The highest BCUT2D eigenvalue weighted by molar-refractivity contribution is 8.00. The van der Waals surface area contributed by atoms with Crippen molar-refractivity contribution in [2.24, 2.45) is 0 Å². The molecule has 0 spiro atoms. The van der Waals surface area contributed by atoms with E-state index in [2.05, 4.69) is 11.6 Å². The van der Waals surface area contributed by atoms with Crippen LogP contribution in [0.2, 0.25) is 0 Å². The maximum absolute atomic E-state index is 10.7. The number of rotatable bonds is 6. The van der Waals surface area contributed by atoms with E-state index in [0.717, 1.165) is 6.54 Å². The van der Waals surface area contributed by atoms with Crippen LogP contribution in [0.25, 0.3) is 0 Å². The topological polar surface area (TPSA) is 69.6 Å². The van der Waals surface area contributed by atoms with E-state index >= 15 is 0 Å². The number of aliphatic carboxylic acids is 1. The van der Waals surface area contributed by atoms with Crippen molar-refractivity contribution in [3.63, 3.8) is 0 Å². The molecule has 1 aliphatic rings. The zero-order valence-electron chi connectivity index (χ0n) is 9.95. The first-order valence-electron chi connectivity index (χ1n) is 5.64. The quantitative estimate of drug-likeness (QED) is 0.655. The van der Waals surface area contributed by atoms with Gasteiger partial charge >= 0.3 is 5.97 Å². The molecule has 3 N–H and O–H groups in total. The van der Waals surface area contributed by atoms with Gasteiger partial charge in [-0.15, -0.1) is 0 Å². The van der Waals surface area contributed by atoms with Gasteiger partial charge in [0.2, 0.25) is 0 Å². The third kappa shape index (κ3) is 3.37. The fraction of sp³-hybridized carbons (Fsp3) is 0.909. The Morgan fingerprint density at radius 2 is 2.06 bits per heavy atom. The van der Waals surface area contributed by atoms with E-state index in [4.69, 9.17) is 5.11 Å². The van der Waals surface area contributed by atoms with Crippen LogP contribution < -0.4 is 5.32 Å². The molecular formula is C11H21NO3S. The minimum absolute atomic E-state index is 0.102. The molecule has 94 valence electrons. The van der Waals surface area contributed by atoms with E-state index in [9.17, 15) is 9.90 Å². The van der Waals surface area contributed by atoms with Crippen molar-refractivity contribution >= 4 is 17.7 Å². The first kappa shape index (κ1) is 13.8. The first-order chi connectivity index (χ1) is 7.42. The molecule has 1 aliphatic carbocycles. The number of carboxylic acid groups (broad SMARTS) is 1. The predicted octanol–water partition coefficient (Wildman–Crippen LogP) is 1.09. The van der Waals surface area contributed by atoms with E-state index in [1.807, 2.05) is 11.8 Å². The molecule has 0 radical (unpaired) electrons. The zero-order chi connectivity index (χ0) is 12.2. The molecule has 0 amide bonds. The second-order valence-corrected chi connectivity index (χ2v) is 6.05. The Labute approximate surface area is 101 Å². The minimum atomic E-state index is -1.67. The summed E-state index contributed by atoms with van der Waals surface area (Å²) in [5, 5.41) is 21.4. The molecule has 0 bridgehead atoms. The van der Waals surface area contributed by atoms with Gasteiger partial charge in [0, 0.05) is 17.8 Å². The summed E-state index contributed by atoms with van der Waals surface area (Å²) in [4.78, 5) is 10.7. The van der Waals surface area contributed by atoms with Crippen LogP contribution in [0, 0.1) is 0 Å². The Hall–Kier alpha value is -0.260. The first-order valence-corrected chi connectivity index (χ1v) is 6.86. The summed E-state index contributed by atoms with van der Waals surface area (Å²) in [7, 11) is 0. The standard InChI is InChI=1S/C11H21NO3S/c1-10(15,9(13)14)7-12-8-11(16-2)5-3-4-6-11/h12,15H,3-8H2,1-2H3,(H,13,14). The highest BCUT2D eigenvalue weighted by Gasteiger charge is 2.34. The van der Waals surface area contributed by atoms with E-state index in [-0.39, 0.29) is 11.3 Å². The number of nitrogens with one attached hydrogen (secondary N) is 1. The Balaban J connectivity index is 2.37. The molecule has 0 saturated heterocycles. The van der Waals surface area contributed by atoms with Gasteiger partial charge in [-0.1, -0.05) is 12.8 Å². The molecule has 5 heteroatoms. The van der Waals surface area contributed by atoms with Gasteiger partial charge < -0.3 is 15.5 Å². The molecule has 4 nitrogen and oxygen atoms in total. The van der Waals surface area contributed by atoms with E-state index in [1.54, 1.807) is 0 Å². The third-order valence-electron chi connectivity index (χ3n) is 3.32. The van der Waals surface area contributed by atoms with Gasteiger partial charge in [-0.05, 0) is 26.0 Å². The number of thioether (sulfide) groups is 1. The zero-order valence-corrected chi connectivity index (χ0v) is 10.8. The Bertz CT molecular complexity index is 250. The SMILES string of the molecule is CSC1(CNCC(C)(O)C(=O)O)CCCC1. The smallest absolute Gasteiger partial charge is 0.336 e. The maximum atomic E-state index is 10.7. The van der Waals surface area contributed by atoms with Crippen LogP contribution in [0.5, 0.6) is 0 Å². The van der Waals surface area contributed by atoms with Crippen molar-refractivity contribution in [1.29, 1.82) is 0 Å². The summed E-state index contributed by atoms with van der Waals surface area (Å²) in [6.45, 7) is 2.20. The van der Waals surface area contributed by atoms with Crippen molar-refractivity contribution in [2.45, 2.75) is 43.0 Å². The summed E-state index contributed by atoms with van der Waals surface area (Å²) >= 11 is 1.85. The summed E-state index contributed by atoms with van der Waals surface area (Å²) in [6.07, 6.45) is 6.95. The lowest BCUT2D eigenvalue weighted by atomic mass is 10.1. The van der Waals surface area contributed by atoms with Crippen molar-refractivity contribution in [3.8, 4) is 0 Å².